The number of carbonyl (C=O) groups is 2. The lowest BCUT2D eigenvalue weighted by atomic mass is 10.2. The highest BCUT2D eigenvalue weighted by atomic mass is 35.5. The highest BCUT2D eigenvalue weighted by molar-refractivity contribution is 7.98. The summed E-state index contributed by atoms with van der Waals surface area (Å²) in [7, 11) is -4.23. The van der Waals surface area contributed by atoms with Crippen molar-refractivity contribution in [3.8, 4) is 23.0 Å². The zero-order chi connectivity index (χ0) is 29.1. The van der Waals surface area contributed by atoms with Crippen molar-refractivity contribution in [3.63, 3.8) is 0 Å². The number of amides is 2. The molecule has 13 heteroatoms. The summed E-state index contributed by atoms with van der Waals surface area (Å²) in [5, 5.41) is 6.21. The van der Waals surface area contributed by atoms with Crippen molar-refractivity contribution in [2.24, 2.45) is 0 Å². The van der Waals surface area contributed by atoms with Gasteiger partial charge < -0.3 is 24.4 Å². The van der Waals surface area contributed by atoms with E-state index in [1.807, 2.05) is 6.26 Å². The molecule has 40 heavy (non-hydrogen) atoms. The summed E-state index contributed by atoms with van der Waals surface area (Å²) < 4.78 is 32.5. The van der Waals surface area contributed by atoms with Crippen molar-refractivity contribution in [2.45, 2.75) is 31.6 Å². The third kappa shape index (κ3) is 8.98. The van der Waals surface area contributed by atoms with Gasteiger partial charge in [0, 0.05) is 16.1 Å². The number of halogens is 3. The van der Waals surface area contributed by atoms with E-state index in [9.17, 15) is 14.2 Å². The van der Waals surface area contributed by atoms with Gasteiger partial charge in [-0.25, -0.2) is 4.57 Å². The molecule has 3 unspecified atom stereocenters. The molecule has 2 amide bonds. The van der Waals surface area contributed by atoms with Crippen LogP contribution in [0.15, 0.2) is 66.7 Å². The number of benzene rings is 3. The van der Waals surface area contributed by atoms with E-state index in [4.69, 9.17) is 48.6 Å². The van der Waals surface area contributed by atoms with Crippen molar-refractivity contribution >= 4 is 66.5 Å². The Kier molecular flexibility index (Phi) is 12.3. The number of ether oxygens (including phenoxy) is 1. The first-order chi connectivity index (χ1) is 19.2. The number of rotatable bonds is 15. The van der Waals surface area contributed by atoms with Gasteiger partial charge >= 0.3 is 7.60 Å². The molecule has 0 fully saturated rings. The van der Waals surface area contributed by atoms with Gasteiger partial charge in [0.2, 0.25) is 12.3 Å². The Morgan fingerprint density at radius 2 is 1.65 bits per heavy atom. The molecule has 3 atom stereocenters. The van der Waals surface area contributed by atoms with Crippen LogP contribution >= 0.6 is 54.2 Å². The van der Waals surface area contributed by atoms with E-state index in [0.29, 0.717) is 23.6 Å². The van der Waals surface area contributed by atoms with Gasteiger partial charge in [-0.2, -0.15) is 11.8 Å². The average Bonchev–Trinajstić information content (AvgIpc) is 2.92. The Bertz CT molecular complexity index is 1350. The normalized spacial score (nSPS) is 13.8. The van der Waals surface area contributed by atoms with E-state index >= 15 is 0 Å². The number of para-hydroxylation sites is 1. The Balaban J connectivity index is 1.99. The molecule has 3 aromatic carbocycles. The standard InChI is InChI=1S/C27H28Cl3N2O6PS/c1-3-26(32-27(34)22(31-17-33)13-14-40-2)39(35,37-20-7-5-4-6-8-20)38-25-16-19(29)10-12-24(25)36-23-11-9-18(28)15-21(23)30/h4-12,15-17,22,26H,3,13-14H2,1-2H3,(H,31,33)(H,32,34). The molecule has 2 N–H and O–H groups in total. The molecule has 3 rings (SSSR count). The molecule has 0 saturated carbocycles. The lowest BCUT2D eigenvalue weighted by molar-refractivity contribution is -0.125. The van der Waals surface area contributed by atoms with E-state index in [0.717, 1.165) is 0 Å². The van der Waals surface area contributed by atoms with Gasteiger partial charge in [0.15, 0.2) is 17.3 Å². The zero-order valence-corrected chi connectivity index (χ0v) is 25.6. The summed E-state index contributed by atoms with van der Waals surface area (Å²) >= 11 is 20.1. The number of thioether (sulfide) groups is 1. The van der Waals surface area contributed by atoms with Gasteiger partial charge in [-0.15, -0.1) is 0 Å². The van der Waals surface area contributed by atoms with E-state index in [1.165, 1.54) is 30.0 Å². The van der Waals surface area contributed by atoms with Gasteiger partial charge in [-0.05, 0) is 67.3 Å². The molecule has 0 aliphatic rings. The number of hydrogen-bond acceptors (Lipinski definition) is 7. The molecule has 8 nitrogen and oxygen atoms in total. The van der Waals surface area contributed by atoms with Gasteiger partial charge in [-0.3, -0.25) is 9.59 Å². The maximum Gasteiger partial charge on any atom is 0.453 e. The van der Waals surface area contributed by atoms with Crippen LogP contribution in [-0.4, -0.2) is 36.2 Å². The fraction of sp³-hybridized carbons (Fsp3) is 0.259. The number of nitrogens with one attached hydrogen (secondary N) is 2. The molecule has 0 heterocycles. The quantitative estimate of drug-likeness (QED) is 0.128. The first kappa shape index (κ1) is 32.0. The third-order valence-corrected chi connectivity index (χ3v) is 9.08. The summed E-state index contributed by atoms with van der Waals surface area (Å²) in [6.07, 6.45) is 2.90. The van der Waals surface area contributed by atoms with Crippen molar-refractivity contribution < 1.29 is 27.9 Å². The van der Waals surface area contributed by atoms with Crippen molar-refractivity contribution in [1.29, 1.82) is 0 Å². The molecule has 0 bridgehead atoms. The second kappa shape index (κ2) is 15.5. The first-order valence-electron chi connectivity index (χ1n) is 12.1. The van der Waals surface area contributed by atoms with Crippen LogP contribution < -0.4 is 24.4 Å². The second-order valence-corrected chi connectivity index (χ2v) is 12.7. The molecular formula is C27H28Cl3N2O6PS. The largest absolute Gasteiger partial charge is 0.453 e. The predicted octanol–water partition coefficient (Wildman–Crippen LogP) is 7.81. The molecule has 0 radical (unpaired) electrons. The fourth-order valence-electron chi connectivity index (χ4n) is 3.50. The van der Waals surface area contributed by atoms with E-state index in [1.54, 1.807) is 55.5 Å². The molecular weight excluding hydrogens is 618 g/mol. The van der Waals surface area contributed by atoms with E-state index in [-0.39, 0.29) is 39.5 Å². The van der Waals surface area contributed by atoms with Crippen molar-refractivity contribution in [2.75, 3.05) is 12.0 Å². The van der Waals surface area contributed by atoms with Crippen LogP contribution in [-0.2, 0) is 14.2 Å². The molecule has 0 saturated heterocycles. The number of carbonyl (C=O) groups excluding carboxylic acids is 2. The summed E-state index contributed by atoms with van der Waals surface area (Å²) in [5.74, 6) is -0.327. The minimum absolute atomic E-state index is 0.00423. The Labute approximate surface area is 252 Å². The zero-order valence-electron chi connectivity index (χ0n) is 21.6. The van der Waals surface area contributed by atoms with Crippen LogP contribution in [0.25, 0.3) is 0 Å². The smallest absolute Gasteiger partial charge is 0.452 e. The lowest BCUT2D eigenvalue weighted by Gasteiger charge is -2.29. The van der Waals surface area contributed by atoms with Gasteiger partial charge in [0.05, 0.1) is 5.02 Å². The monoisotopic (exact) mass is 644 g/mol. The summed E-state index contributed by atoms with van der Waals surface area (Å²) in [6, 6.07) is 16.8. The highest BCUT2D eigenvalue weighted by Gasteiger charge is 2.41. The van der Waals surface area contributed by atoms with Crippen molar-refractivity contribution in [1.82, 2.24) is 10.6 Å². The maximum atomic E-state index is 14.5. The summed E-state index contributed by atoms with van der Waals surface area (Å²) in [4.78, 5) is 24.3. The summed E-state index contributed by atoms with van der Waals surface area (Å²) in [5.41, 5.74) is 0. The van der Waals surface area contributed by atoms with Crippen LogP contribution in [0.1, 0.15) is 19.8 Å². The lowest BCUT2D eigenvalue weighted by Crippen LogP contribution is -2.48. The van der Waals surface area contributed by atoms with Gasteiger partial charge in [-0.1, -0.05) is 59.9 Å². The number of hydrogen-bond donors (Lipinski definition) is 2. The fourth-order valence-corrected chi connectivity index (χ4v) is 6.44. The van der Waals surface area contributed by atoms with E-state index in [2.05, 4.69) is 10.6 Å². The predicted molar refractivity (Wildman–Crippen MR) is 162 cm³/mol. The molecule has 0 aromatic heterocycles. The molecule has 0 aliphatic heterocycles. The maximum absolute atomic E-state index is 14.5. The Morgan fingerprint density at radius 3 is 2.27 bits per heavy atom. The minimum Gasteiger partial charge on any atom is -0.452 e. The van der Waals surface area contributed by atoms with Gasteiger partial charge in [0.25, 0.3) is 0 Å². The molecule has 0 aliphatic carbocycles. The van der Waals surface area contributed by atoms with Crippen molar-refractivity contribution in [3.05, 3.63) is 81.8 Å². The third-order valence-electron chi connectivity index (χ3n) is 5.49. The highest BCUT2D eigenvalue weighted by Crippen LogP contribution is 2.55. The minimum atomic E-state index is -4.23. The average molecular weight is 646 g/mol. The van der Waals surface area contributed by atoms with Gasteiger partial charge in [0.1, 0.15) is 17.5 Å². The van der Waals surface area contributed by atoms with Crippen LogP contribution in [0.2, 0.25) is 15.1 Å². The van der Waals surface area contributed by atoms with Crippen LogP contribution in [0.3, 0.4) is 0 Å². The Morgan fingerprint density at radius 1 is 0.975 bits per heavy atom. The summed E-state index contributed by atoms with van der Waals surface area (Å²) in [6.45, 7) is 1.72. The molecule has 3 aromatic rings. The van der Waals surface area contributed by atoms with Crippen LogP contribution in [0.5, 0.6) is 23.0 Å². The first-order valence-corrected chi connectivity index (χ1v) is 16.3. The Hall–Kier alpha value is -2.55. The molecule has 0 spiro atoms. The van der Waals surface area contributed by atoms with Crippen LogP contribution in [0, 0.1) is 0 Å². The second-order valence-electron chi connectivity index (χ2n) is 8.35. The van der Waals surface area contributed by atoms with E-state index < -0.39 is 25.3 Å². The topological polar surface area (TPSA) is 103 Å². The van der Waals surface area contributed by atoms with Crippen LogP contribution in [0.4, 0.5) is 0 Å². The molecule has 214 valence electrons. The SMILES string of the molecule is CCC(NC(=O)C(CCSC)NC=O)P(=O)(Oc1ccccc1)Oc1cc(Cl)ccc1Oc1ccc(Cl)cc1Cl.